The zero-order chi connectivity index (χ0) is 14.9. The lowest BCUT2D eigenvalue weighted by Gasteiger charge is -2.21. The predicted molar refractivity (Wildman–Crippen MR) is 79.3 cm³/mol. The zero-order valence-corrected chi connectivity index (χ0v) is 12.2. The van der Waals surface area contributed by atoms with Gasteiger partial charge < -0.3 is 10.5 Å². The largest absolute Gasteiger partial charge is 0.481 e. The summed E-state index contributed by atoms with van der Waals surface area (Å²) in [5, 5.41) is 0. The van der Waals surface area contributed by atoms with E-state index in [1.165, 1.54) is 13.2 Å². The third-order valence-electron chi connectivity index (χ3n) is 3.22. The number of nitrogens with two attached hydrogens (primary N) is 1. The van der Waals surface area contributed by atoms with E-state index in [0.717, 1.165) is 17.3 Å². The van der Waals surface area contributed by atoms with E-state index < -0.39 is 5.82 Å². The number of halogens is 1. The molecule has 0 aliphatic carbocycles. The summed E-state index contributed by atoms with van der Waals surface area (Å²) in [5.41, 5.74) is 9.01. The Morgan fingerprint density at radius 1 is 1.15 bits per heavy atom. The van der Waals surface area contributed by atoms with Crippen LogP contribution < -0.4 is 10.5 Å². The minimum absolute atomic E-state index is 0.0174. The Morgan fingerprint density at radius 2 is 1.85 bits per heavy atom. The summed E-state index contributed by atoms with van der Waals surface area (Å²) in [4.78, 5) is 3.95. The summed E-state index contributed by atoms with van der Waals surface area (Å²) in [6.45, 7) is 6.34. The maximum absolute atomic E-state index is 13.5. The maximum Gasteiger partial charge on any atom is 0.221 e. The van der Waals surface area contributed by atoms with Gasteiger partial charge in [-0.15, -0.1) is 0 Å². The summed E-state index contributed by atoms with van der Waals surface area (Å²) in [6.07, 6.45) is 1.13. The summed E-state index contributed by atoms with van der Waals surface area (Å²) >= 11 is 0. The topological polar surface area (TPSA) is 48.1 Å². The molecule has 1 heterocycles. The first-order valence-corrected chi connectivity index (χ1v) is 6.43. The van der Waals surface area contributed by atoms with Crippen LogP contribution >= 0.6 is 0 Å². The van der Waals surface area contributed by atoms with Crippen LogP contribution in [0.15, 0.2) is 30.5 Å². The maximum atomic E-state index is 13.5. The smallest absolute Gasteiger partial charge is 0.221 e. The van der Waals surface area contributed by atoms with Gasteiger partial charge in [-0.3, -0.25) is 0 Å². The average molecular weight is 274 g/mol. The van der Waals surface area contributed by atoms with Crippen molar-refractivity contribution in [1.29, 1.82) is 0 Å². The number of rotatable bonds is 2. The number of aromatic nitrogens is 1. The number of ether oxygens (including phenoxy) is 1. The van der Waals surface area contributed by atoms with E-state index >= 15 is 0 Å². The van der Waals surface area contributed by atoms with E-state index in [2.05, 4.69) is 25.8 Å². The van der Waals surface area contributed by atoms with Gasteiger partial charge in [0.2, 0.25) is 5.88 Å². The van der Waals surface area contributed by atoms with Crippen LogP contribution in [0.25, 0.3) is 11.1 Å². The Morgan fingerprint density at radius 3 is 2.45 bits per heavy atom. The van der Waals surface area contributed by atoms with Crippen molar-refractivity contribution < 1.29 is 9.13 Å². The van der Waals surface area contributed by atoms with Crippen LogP contribution in [0.4, 0.5) is 10.1 Å². The molecule has 2 aromatic rings. The fourth-order valence-corrected chi connectivity index (χ4v) is 2.04. The molecular weight excluding hydrogens is 255 g/mol. The molecule has 0 atom stereocenters. The van der Waals surface area contributed by atoms with Gasteiger partial charge in [0.15, 0.2) is 0 Å². The lowest BCUT2D eigenvalue weighted by Crippen LogP contribution is -2.11. The van der Waals surface area contributed by atoms with E-state index in [1.807, 2.05) is 18.2 Å². The number of methoxy groups -OCH3 is 1. The molecule has 0 fully saturated rings. The van der Waals surface area contributed by atoms with E-state index in [-0.39, 0.29) is 5.41 Å². The molecule has 1 aromatic carbocycles. The Balaban J connectivity index is 2.66. The molecule has 106 valence electrons. The molecule has 0 radical (unpaired) electrons. The minimum Gasteiger partial charge on any atom is -0.481 e. The van der Waals surface area contributed by atoms with Crippen molar-refractivity contribution >= 4 is 5.69 Å². The van der Waals surface area contributed by atoms with Gasteiger partial charge >= 0.3 is 0 Å². The van der Waals surface area contributed by atoms with Crippen LogP contribution in [0.2, 0.25) is 0 Å². The summed E-state index contributed by atoms with van der Waals surface area (Å²) in [7, 11) is 1.51. The number of benzene rings is 1. The van der Waals surface area contributed by atoms with Crippen LogP contribution in [0.5, 0.6) is 5.88 Å². The Hall–Kier alpha value is -2.10. The lowest BCUT2D eigenvalue weighted by atomic mass is 9.85. The van der Waals surface area contributed by atoms with E-state index in [9.17, 15) is 4.39 Å². The van der Waals surface area contributed by atoms with Crippen molar-refractivity contribution in [2.24, 2.45) is 0 Å². The molecule has 0 saturated heterocycles. The van der Waals surface area contributed by atoms with Crippen molar-refractivity contribution in [1.82, 2.24) is 4.98 Å². The highest BCUT2D eigenvalue weighted by molar-refractivity contribution is 5.80. The fraction of sp³-hybridized carbons (Fsp3) is 0.312. The van der Waals surface area contributed by atoms with Crippen LogP contribution in [0.1, 0.15) is 26.3 Å². The molecule has 4 heteroatoms. The van der Waals surface area contributed by atoms with Gasteiger partial charge in [0, 0.05) is 16.8 Å². The Kier molecular flexibility index (Phi) is 3.66. The Bertz CT molecular complexity index is 633. The molecule has 1 aromatic heterocycles. The minimum atomic E-state index is -0.415. The molecule has 0 saturated carbocycles. The number of nitrogen functional groups attached to an aromatic ring is 1. The van der Waals surface area contributed by atoms with Crippen LogP contribution in [0, 0.1) is 5.82 Å². The SMILES string of the molecule is COc1ncc(F)cc1-c1cc(C(C)(C)C)ccc1N. The highest BCUT2D eigenvalue weighted by Crippen LogP contribution is 2.36. The monoisotopic (exact) mass is 274 g/mol. The van der Waals surface area contributed by atoms with E-state index in [4.69, 9.17) is 10.5 Å². The van der Waals surface area contributed by atoms with Crippen molar-refractivity contribution in [2.75, 3.05) is 12.8 Å². The molecule has 2 rings (SSSR count). The quantitative estimate of drug-likeness (QED) is 0.848. The molecule has 0 bridgehead atoms. The summed E-state index contributed by atoms with van der Waals surface area (Å²) in [6, 6.07) is 7.18. The number of anilines is 1. The van der Waals surface area contributed by atoms with Crippen molar-refractivity contribution in [3.8, 4) is 17.0 Å². The molecule has 0 unspecified atom stereocenters. The third-order valence-corrected chi connectivity index (χ3v) is 3.22. The van der Waals surface area contributed by atoms with E-state index in [0.29, 0.717) is 17.1 Å². The average Bonchev–Trinajstić information content (AvgIpc) is 2.38. The summed E-state index contributed by atoms with van der Waals surface area (Å²) < 4.78 is 18.7. The van der Waals surface area contributed by atoms with Crippen LogP contribution in [-0.2, 0) is 5.41 Å². The number of nitrogens with zero attached hydrogens (tertiary/aromatic N) is 1. The van der Waals surface area contributed by atoms with Gasteiger partial charge in [0.05, 0.1) is 13.3 Å². The zero-order valence-electron chi connectivity index (χ0n) is 12.2. The van der Waals surface area contributed by atoms with Crippen LogP contribution in [0.3, 0.4) is 0 Å². The number of hydrogen-bond donors (Lipinski definition) is 1. The van der Waals surface area contributed by atoms with Gasteiger partial charge in [-0.25, -0.2) is 9.37 Å². The second kappa shape index (κ2) is 5.12. The second-order valence-electron chi connectivity index (χ2n) is 5.76. The second-order valence-corrected chi connectivity index (χ2v) is 5.76. The van der Waals surface area contributed by atoms with Gasteiger partial charge in [0.25, 0.3) is 0 Å². The van der Waals surface area contributed by atoms with E-state index in [1.54, 1.807) is 0 Å². The first-order chi connectivity index (χ1) is 9.32. The summed E-state index contributed by atoms with van der Waals surface area (Å²) in [5.74, 6) is -0.0504. The standard InChI is InChI=1S/C16H19FN2O/c1-16(2,3)10-5-6-14(18)12(7-10)13-8-11(17)9-19-15(13)20-4/h5-9H,18H2,1-4H3. The van der Waals surface area contributed by atoms with Crippen molar-refractivity contribution in [3.05, 3.63) is 41.8 Å². The van der Waals surface area contributed by atoms with Crippen molar-refractivity contribution in [2.45, 2.75) is 26.2 Å². The first-order valence-electron chi connectivity index (χ1n) is 6.43. The molecule has 0 aliphatic rings. The Labute approximate surface area is 118 Å². The highest BCUT2D eigenvalue weighted by Gasteiger charge is 2.18. The molecule has 2 N–H and O–H groups in total. The predicted octanol–water partition coefficient (Wildman–Crippen LogP) is 3.78. The molecule has 3 nitrogen and oxygen atoms in total. The molecular formula is C16H19FN2O. The first kappa shape index (κ1) is 14.3. The number of pyridine rings is 1. The van der Waals surface area contributed by atoms with Gasteiger partial charge in [-0.05, 0) is 29.2 Å². The molecule has 20 heavy (non-hydrogen) atoms. The number of hydrogen-bond acceptors (Lipinski definition) is 3. The molecule has 0 aliphatic heterocycles. The van der Waals surface area contributed by atoms with Crippen molar-refractivity contribution in [3.63, 3.8) is 0 Å². The van der Waals surface area contributed by atoms with Gasteiger partial charge in [-0.1, -0.05) is 26.8 Å². The van der Waals surface area contributed by atoms with Crippen LogP contribution in [-0.4, -0.2) is 12.1 Å². The van der Waals surface area contributed by atoms with Gasteiger partial charge in [-0.2, -0.15) is 0 Å². The normalized spacial score (nSPS) is 11.4. The molecule has 0 spiro atoms. The van der Waals surface area contributed by atoms with Gasteiger partial charge in [0.1, 0.15) is 5.82 Å². The fourth-order valence-electron chi connectivity index (χ4n) is 2.04. The lowest BCUT2D eigenvalue weighted by molar-refractivity contribution is 0.397. The molecule has 0 amide bonds. The highest BCUT2D eigenvalue weighted by atomic mass is 19.1. The third kappa shape index (κ3) is 2.74.